The monoisotopic (exact) mass is 490 g/mol. The van der Waals surface area contributed by atoms with Crippen LogP contribution in [0.2, 0.25) is 0 Å². The van der Waals surface area contributed by atoms with Crippen LogP contribution in [0.5, 0.6) is 5.75 Å². The molecule has 2 heterocycles. The van der Waals surface area contributed by atoms with Gasteiger partial charge >= 0.3 is 5.97 Å². The molecule has 1 aromatic heterocycles. The number of hydrogen-bond donors (Lipinski definition) is 1. The number of nitrogens with one attached hydrogen (secondary N) is 1. The van der Waals surface area contributed by atoms with Crippen LogP contribution in [-0.2, 0) is 14.3 Å². The maximum absolute atomic E-state index is 13.2. The van der Waals surface area contributed by atoms with Gasteiger partial charge in [0.2, 0.25) is 0 Å². The summed E-state index contributed by atoms with van der Waals surface area (Å²) in [5.74, 6) is 0.0637. The Morgan fingerprint density at radius 2 is 1.86 bits per heavy atom. The molecule has 190 valence electrons. The van der Waals surface area contributed by atoms with Crippen molar-refractivity contribution in [2.75, 3.05) is 20.2 Å². The van der Waals surface area contributed by atoms with Crippen molar-refractivity contribution in [3.05, 3.63) is 64.6 Å². The van der Waals surface area contributed by atoms with Gasteiger partial charge in [-0.3, -0.25) is 14.4 Å². The van der Waals surface area contributed by atoms with Gasteiger partial charge in [-0.25, -0.2) is 0 Å². The van der Waals surface area contributed by atoms with Crippen LogP contribution in [-0.4, -0.2) is 48.1 Å². The molecule has 0 saturated carbocycles. The lowest BCUT2D eigenvalue weighted by molar-refractivity contribution is -0.157. The van der Waals surface area contributed by atoms with Crippen LogP contribution >= 0.6 is 0 Å². The normalized spacial score (nSPS) is 17.0. The molecular formula is C29H34N2O5. The Kier molecular flexibility index (Phi) is 7.20. The van der Waals surface area contributed by atoms with Gasteiger partial charge < -0.3 is 19.4 Å². The minimum absolute atomic E-state index is 0.00828. The number of pyridine rings is 1. The number of esters is 1. The minimum atomic E-state index is -0.735. The van der Waals surface area contributed by atoms with E-state index in [0.717, 1.165) is 34.9 Å². The molecule has 0 radical (unpaired) electrons. The molecule has 2 atom stereocenters. The Labute approximate surface area is 211 Å². The first-order valence-electron chi connectivity index (χ1n) is 12.4. The van der Waals surface area contributed by atoms with Gasteiger partial charge in [0.1, 0.15) is 5.75 Å². The molecule has 1 fully saturated rings. The third-order valence-corrected chi connectivity index (χ3v) is 7.43. The van der Waals surface area contributed by atoms with Crippen LogP contribution in [0.25, 0.3) is 21.9 Å². The molecule has 1 N–H and O–H groups in total. The fourth-order valence-corrected chi connectivity index (χ4v) is 5.12. The number of methoxy groups -OCH3 is 1. The summed E-state index contributed by atoms with van der Waals surface area (Å²) >= 11 is 0. The maximum Gasteiger partial charge on any atom is 0.311 e. The van der Waals surface area contributed by atoms with Crippen molar-refractivity contribution in [1.82, 2.24) is 9.88 Å². The van der Waals surface area contributed by atoms with Crippen molar-refractivity contribution in [2.24, 2.45) is 11.3 Å². The van der Waals surface area contributed by atoms with Gasteiger partial charge in [0, 0.05) is 24.8 Å². The number of hydrogen-bond acceptors (Lipinski definition) is 5. The number of aromatic amines is 1. The lowest BCUT2D eigenvalue weighted by atomic mass is 9.74. The van der Waals surface area contributed by atoms with Crippen LogP contribution in [0, 0.1) is 18.3 Å². The standard InChI is InChI=1S/C29H34N2O5/c1-18-9-6-7-11-22(18)25-16-30-26(32)24-15-21(12-13-23(24)25)36-19(2)27(33)31-14-8-10-20(17-31)29(3,4)28(34)35-5/h6-7,9,11-13,15-16,19-20H,8,10,14,17H2,1-5H3,(H,30,32)/t19-,20+/m1/s1. The van der Waals surface area contributed by atoms with Gasteiger partial charge in [0.15, 0.2) is 6.10 Å². The molecule has 0 unspecified atom stereocenters. The predicted molar refractivity (Wildman–Crippen MR) is 140 cm³/mol. The summed E-state index contributed by atoms with van der Waals surface area (Å²) in [4.78, 5) is 42.8. The van der Waals surface area contributed by atoms with Gasteiger partial charge in [0.05, 0.1) is 17.9 Å². The number of aryl methyl sites for hydroxylation is 1. The SMILES string of the molecule is COC(=O)C(C)(C)[C@H]1CCCN(C(=O)[C@@H](C)Oc2ccc3c(-c4ccccc4C)c[nH]c(=O)c3c2)C1. The highest BCUT2D eigenvalue weighted by molar-refractivity contribution is 5.97. The molecule has 7 heteroatoms. The summed E-state index contributed by atoms with van der Waals surface area (Å²) in [7, 11) is 1.39. The van der Waals surface area contributed by atoms with E-state index in [0.29, 0.717) is 24.2 Å². The zero-order chi connectivity index (χ0) is 26.0. The van der Waals surface area contributed by atoms with E-state index in [1.807, 2.05) is 51.1 Å². The lowest BCUT2D eigenvalue weighted by Crippen LogP contribution is -2.50. The highest BCUT2D eigenvalue weighted by Gasteiger charge is 2.41. The molecule has 1 aliphatic rings. The van der Waals surface area contributed by atoms with E-state index in [2.05, 4.69) is 4.98 Å². The molecule has 1 amide bonds. The van der Waals surface area contributed by atoms with Gasteiger partial charge in [0.25, 0.3) is 11.5 Å². The zero-order valence-electron chi connectivity index (χ0n) is 21.6. The number of carbonyl (C=O) groups is 2. The van der Waals surface area contributed by atoms with Crippen molar-refractivity contribution in [3.8, 4) is 16.9 Å². The number of carbonyl (C=O) groups excluding carboxylic acids is 2. The number of rotatable bonds is 6. The molecule has 3 aromatic rings. The number of H-pyrrole nitrogens is 1. The molecule has 0 aliphatic carbocycles. The summed E-state index contributed by atoms with van der Waals surface area (Å²) in [6.45, 7) is 8.60. The molecule has 0 spiro atoms. The minimum Gasteiger partial charge on any atom is -0.481 e. The molecule has 0 bridgehead atoms. The van der Waals surface area contributed by atoms with Gasteiger partial charge in [-0.15, -0.1) is 0 Å². The second-order valence-corrected chi connectivity index (χ2v) is 10.2. The number of ether oxygens (including phenoxy) is 2. The van der Waals surface area contributed by atoms with E-state index < -0.39 is 11.5 Å². The Bertz CT molecular complexity index is 1340. The fourth-order valence-electron chi connectivity index (χ4n) is 5.12. The van der Waals surface area contributed by atoms with E-state index >= 15 is 0 Å². The Hall–Kier alpha value is -3.61. The first-order chi connectivity index (χ1) is 17.1. The highest BCUT2D eigenvalue weighted by atomic mass is 16.5. The van der Waals surface area contributed by atoms with Gasteiger partial charge in [-0.2, -0.15) is 0 Å². The summed E-state index contributed by atoms with van der Waals surface area (Å²) in [5, 5.41) is 1.33. The van der Waals surface area contributed by atoms with E-state index in [4.69, 9.17) is 9.47 Å². The summed E-state index contributed by atoms with van der Waals surface area (Å²) in [6, 6.07) is 13.4. The van der Waals surface area contributed by atoms with Crippen molar-refractivity contribution in [3.63, 3.8) is 0 Å². The first-order valence-corrected chi connectivity index (χ1v) is 12.4. The third kappa shape index (κ3) is 4.87. The Morgan fingerprint density at radius 1 is 1.11 bits per heavy atom. The lowest BCUT2D eigenvalue weighted by Gasteiger charge is -2.40. The molecule has 4 rings (SSSR count). The Morgan fingerprint density at radius 3 is 2.58 bits per heavy atom. The topological polar surface area (TPSA) is 88.7 Å². The number of likely N-dealkylation sites (tertiary alicyclic amines) is 1. The average Bonchev–Trinajstić information content (AvgIpc) is 2.88. The van der Waals surface area contributed by atoms with Crippen molar-refractivity contribution in [1.29, 1.82) is 0 Å². The van der Waals surface area contributed by atoms with E-state index in [9.17, 15) is 14.4 Å². The second kappa shape index (κ2) is 10.2. The zero-order valence-corrected chi connectivity index (χ0v) is 21.6. The summed E-state index contributed by atoms with van der Waals surface area (Å²) in [5.41, 5.74) is 2.21. The number of nitrogens with zero attached hydrogens (tertiary/aromatic N) is 1. The number of benzene rings is 2. The number of piperidine rings is 1. The van der Waals surface area contributed by atoms with E-state index in [1.54, 1.807) is 30.2 Å². The summed E-state index contributed by atoms with van der Waals surface area (Å²) < 4.78 is 11.0. The number of amides is 1. The van der Waals surface area contributed by atoms with E-state index in [-0.39, 0.29) is 23.4 Å². The van der Waals surface area contributed by atoms with Crippen molar-refractivity contribution >= 4 is 22.6 Å². The molecule has 36 heavy (non-hydrogen) atoms. The molecule has 1 aliphatic heterocycles. The van der Waals surface area contributed by atoms with Crippen molar-refractivity contribution < 1.29 is 19.1 Å². The predicted octanol–water partition coefficient (Wildman–Crippen LogP) is 4.71. The smallest absolute Gasteiger partial charge is 0.311 e. The van der Waals surface area contributed by atoms with Gasteiger partial charge in [-0.1, -0.05) is 24.3 Å². The van der Waals surface area contributed by atoms with Crippen LogP contribution in [0.4, 0.5) is 0 Å². The molecule has 1 saturated heterocycles. The largest absolute Gasteiger partial charge is 0.481 e. The van der Waals surface area contributed by atoms with Crippen LogP contribution in [0.1, 0.15) is 39.2 Å². The van der Waals surface area contributed by atoms with Crippen LogP contribution in [0.3, 0.4) is 0 Å². The quantitative estimate of drug-likeness (QED) is 0.506. The first kappa shape index (κ1) is 25.5. The third-order valence-electron chi connectivity index (χ3n) is 7.43. The van der Waals surface area contributed by atoms with Crippen molar-refractivity contribution in [2.45, 2.75) is 46.6 Å². The maximum atomic E-state index is 13.2. The second-order valence-electron chi connectivity index (χ2n) is 10.2. The highest BCUT2D eigenvalue weighted by Crippen LogP contribution is 2.35. The van der Waals surface area contributed by atoms with Crippen LogP contribution in [0.15, 0.2) is 53.5 Å². The number of aromatic nitrogens is 1. The number of fused-ring (bicyclic) bond motifs is 1. The van der Waals surface area contributed by atoms with Crippen LogP contribution < -0.4 is 10.3 Å². The van der Waals surface area contributed by atoms with Gasteiger partial charge in [-0.05, 0) is 81.2 Å². The Balaban J connectivity index is 1.54. The molecule has 7 nitrogen and oxygen atoms in total. The fraction of sp³-hybridized carbons (Fsp3) is 0.414. The molecule has 2 aromatic carbocycles. The molecular weight excluding hydrogens is 456 g/mol. The summed E-state index contributed by atoms with van der Waals surface area (Å²) in [6.07, 6.45) is 2.68. The van der Waals surface area contributed by atoms with E-state index in [1.165, 1.54) is 7.11 Å². The average molecular weight is 491 g/mol.